The highest BCUT2D eigenvalue weighted by molar-refractivity contribution is 6.74. The van der Waals surface area contributed by atoms with Gasteiger partial charge in [-0.15, -0.1) is 0 Å². The second kappa shape index (κ2) is 9.39. The number of esters is 1. The molecular weight excluding hydrogens is 479 g/mol. The lowest BCUT2D eigenvalue weighted by Crippen LogP contribution is -2.57. The van der Waals surface area contributed by atoms with E-state index in [0.29, 0.717) is 0 Å². The summed E-state index contributed by atoms with van der Waals surface area (Å²) in [6.07, 6.45) is 0. The Balaban J connectivity index is 3.47. The molecule has 0 aliphatic rings. The number of halogens is 5. The SMILES string of the molecule is CC(CO[Si](C)(C)C(C)(C)C)(O[Si](C)(C)C(C)(C)C)C(=O)Oc1c(F)c(F)c(F)c(F)c1F. The first-order chi connectivity index (χ1) is 14.5. The second-order valence-corrected chi connectivity index (χ2v) is 21.0. The predicted octanol–water partition coefficient (Wildman–Crippen LogP) is 7.09. The van der Waals surface area contributed by atoms with Crippen LogP contribution in [-0.2, 0) is 13.6 Å². The number of benzene rings is 1. The van der Waals surface area contributed by atoms with Gasteiger partial charge in [0.05, 0.1) is 6.61 Å². The third-order valence-electron chi connectivity index (χ3n) is 6.60. The van der Waals surface area contributed by atoms with Crippen LogP contribution in [0, 0.1) is 29.1 Å². The monoisotopic (exact) mass is 514 g/mol. The van der Waals surface area contributed by atoms with Crippen LogP contribution in [0.25, 0.3) is 0 Å². The molecule has 0 saturated carbocycles. The van der Waals surface area contributed by atoms with E-state index in [1.165, 1.54) is 6.92 Å². The maximum Gasteiger partial charge on any atom is 0.344 e. The van der Waals surface area contributed by atoms with Crippen LogP contribution in [0.2, 0.25) is 36.3 Å². The normalized spacial score (nSPS) is 15.4. The van der Waals surface area contributed by atoms with E-state index in [2.05, 4.69) is 0 Å². The van der Waals surface area contributed by atoms with Crippen LogP contribution < -0.4 is 4.74 Å². The molecule has 0 aliphatic heterocycles. The molecule has 0 saturated heterocycles. The Hall–Kier alpha value is -1.31. The summed E-state index contributed by atoms with van der Waals surface area (Å²) < 4.78 is 86.1. The molecule has 0 heterocycles. The van der Waals surface area contributed by atoms with E-state index in [1.54, 1.807) is 0 Å². The van der Waals surface area contributed by atoms with Gasteiger partial charge in [0.25, 0.3) is 0 Å². The molecule has 0 radical (unpaired) electrons. The third-order valence-corrected chi connectivity index (χ3v) is 15.6. The first kappa shape index (κ1) is 29.7. The van der Waals surface area contributed by atoms with Gasteiger partial charge in [-0.25, -0.2) is 18.0 Å². The quantitative estimate of drug-likeness (QED) is 0.0973. The Bertz CT molecular complexity index is 879. The van der Waals surface area contributed by atoms with Crippen LogP contribution in [0.1, 0.15) is 48.5 Å². The van der Waals surface area contributed by atoms with Gasteiger partial charge in [0.15, 0.2) is 22.2 Å². The van der Waals surface area contributed by atoms with Crippen LogP contribution in [0.15, 0.2) is 0 Å². The minimum Gasteiger partial charge on any atom is -0.418 e. The van der Waals surface area contributed by atoms with E-state index < -0.39 is 63.0 Å². The van der Waals surface area contributed by atoms with Gasteiger partial charge in [-0.1, -0.05) is 41.5 Å². The molecule has 0 fully saturated rings. The van der Waals surface area contributed by atoms with Gasteiger partial charge >= 0.3 is 5.97 Å². The molecule has 1 aromatic carbocycles. The number of carbonyl (C=O) groups excluding carboxylic acids is 1. The molecule has 1 aromatic rings. The lowest BCUT2D eigenvalue weighted by Gasteiger charge is -2.44. The maximum atomic E-state index is 14.2. The molecule has 1 rings (SSSR count). The van der Waals surface area contributed by atoms with Gasteiger partial charge in [0.1, 0.15) is 0 Å². The van der Waals surface area contributed by atoms with Crippen LogP contribution in [0.5, 0.6) is 5.75 Å². The summed E-state index contributed by atoms with van der Waals surface area (Å²) in [6, 6.07) is 0. The first-order valence-electron chi connectivity index (χ1n) is 10.6. The van der Waals surface area contributed by atoms with Crippen molar-refractivity contribution in [1.82, 2.24) is 0 Å². The van der Waals surface area contributed by atoms with E-state index in [1.807, 2.05) is 67.7 Å². The standard InChI is InChI=1S/C22H35F5O4Si2/c1-20(2,3)32(8,9)29-12-22(7,31-33(10,11)21(4,5)6)19(28)30-18-16(26)14(24)13(23)15(25)17(18)27/h12H2,1-11H3. The topological polar surface area (TPSA) is 44.8 Å². The van der Waals surface area contributed by atoms with Crippen molar-refractivity contribution in [3.05, 3.63) is 29.1 Å². The summed E-state index contributed by atoms with van der Waals surface area (Å²) in [6.45, 7) is 20.3. The van der Waals surface area contributed by atoms with Crippen LogP contribution in [0.4, 0.5) is 22.0 Å². The van der Waals surface area contributed by atoms with Gasteiger partial charge < -0.3 is 13.6 Å². The summed E-state index contributed by atoms with van der Waals surface area (Å²) in [5, 5.41) is -0.591. The van der Waals surface area contributed by atoms with E-state index in [9.17, 15) is 26.7 Å². The second-order valence-electron chi connectivity index (χ2n) is 11.4. The van der Waals surface area contributed by atoms with Crippen LogP contribution in [0.3, 0.4) is 0 Å². The van der Waals surface area contributed by atoms with Crippen molar-refractivity contribution in [2.24, 2.45) is 0 Å². The number of carbonyl (C=O) groups is 1. The van der Waals surface area contributed by atoms with Crippen molar-refractivity contribution in [3.8, 4) is 5.75 Å². The molecule has 33 heavy (non-hydrogen) atoms. The lowest BCUT2D eigenvalue weighted by atomic mass is 10.1. The first-order valence-corrected chi connectivity index (χ1v) is 16.4. The zero-order valence-corrected chi connectivity index (χ0v) is 23.2. The molecule has 0 bridgehead atoms. The Morgan fingerprint density at radius 3 is 1.42 bits per heavy atom. The molecule has 1 atom stereocenters. The van der Waals surface area contributed by atoms with E-state index in [0.717, 1.165) is 0 Å². The molecule has 4 nitrogen and oxygen atoms in total. The zero-order chi connectivity index (χ0) is 26.4. The number of ether oxygens (including phenoxy) is 1. The largest absolute Gasteiger partial charge is 0.418 e. The predicted molar refractivity (Wildman–Crippen MR) is 122 cm³/mol. The van der Waals surface area contributed by atoms with Crippen molar-refractivity contribution in [1.29, 1.82) is 0 Å². The summed E-state index contributed by atoms with van der Waals surface area (Å²) in [7, 11) is -5.09. The highest BCUT2D eigenvalue weighted by atomic mass is 28.4. The molecule has 0 N–H and O–H groups in total. The maximum absolute atomic E-state index is 14.2. The Kier molecular flexibility index (Phi) is 8.46. The third kappa shape index (κ3) is 6.23. The molecule has 11 heteroatoms. The molecule has 1 unspecified atom stereocenters. The lowest BCUT2D eigenvalue weighted by molar-refractivity contribution is -0.155. The van der Waals surface area contributed by atoms with E-state index >= 15 is 0 Å². The highest BCUT2D eigenvalue weighted by Crippen LogP contribution is 2.42. The fourth-order valence-corrected chi connectivity index (χ4v) is 4.90. The van der Waals surface area contributed by atoms with Crippen molar-refractivity contribution < 1.29 is 40.3 Å². The number of rotatable bonds is 7. The minimum atomic E-state index is -2.68. The fourth-order valence-electron chi connectivity index (χ4n) is 2.26. The average Bonchev–Trinajstić information content (AvgIpc) is 2.64. The molecular formula is C22H35F5O4Si2. The number of hydrogen-bond donors (Lipinski definition) is 0. The van der Waals surface area contributed by atoms with Gasteiger partial charge in [0, 0.05) is 0 Å². The molecule has 0 aromatic heterocycles. The molecule has 0 aliphatic carbocycles. The Morgan fingerprint density at radius 2 is 1.06 bits per heavy atom. The highest BCUT2D eigenvalue weighted by Gasteiger charge is 2.50. The number of hydrogen-bond acceptors (Lipinski definition) is 4. The van der Waals surface area contributed by atoms with Crippen molar-refractivity contribution >= 4 is 22.6 Å². The summed E-state index contributed by atoms with van der Waals surface area (Å²) in [4.78, 5) is 13.2. The van der Waals surface area contributed by atoms with E-state index in [4.69, 9.17) is 13.6 Å². The van der Waals surface area contributed by atoms with Gasteiger partial charge in [-0.05, 0) is 43.2 Å². The Morgan fingerprint density at radius 1 is 0.697 bits per heavy atom. The molecule has 0 spiro atoms. The van der Waals surface area contributed by atoms with Crippen molar-refractivity contribution in [3.63, 3.8) is 0 Å². The average molecular weight is 515 g/mol. The van der Waals surface area contributed by atoms with Gasteiger partial charge in [0.2, 0.25) is 34.8 Å². The van der Waals surface area contributed by atoms with Crippen molar-refractivity contribution in [2.75, 3.05) is 6.61 Å². The van der Waals surface area contributed by atoms with Gasteiger partial charge in [-0.3, -0.25) is 0 Å². The molecule has 0 amide bonds. The summed E-state index contributed by atoms with van der Waals surface area (Å²) in [5.74, 6) is -14.2. The van der Waals surface area contributed by atoms with Crippen LogP contribution in [-0.4, -0.2) is 34.8 Å². The molecule has 190 valence electrons. The fraction of sp³-hybridized carbons (Fsp3) is 0.682. The minimum absolute atomic E-state index is 0.226. The van der Waals surface area contributed by atoms with Crippen molar-refractivity contribution in [2.45, 2.75) is 90.3 Å². The Labute approximate surface area is 195 Å². The summed E-state index contributed by atoms with van der Waals surface area (Å²) >= 11 is 0. The zero-order valence-electron chi connectivity index (χ0n) is 21.2. The van der Waals surface area contributed by atoms with Crippen LogP contribution >= 0.6 is 0 Å². The summed E-state index contributed by atoms with van der Waals surface area (Å²) in [5.41, 5.74) is -1.86. The van der Waals surface area contributed by atoms with E-state index in [-0.39, 0.29) is 16.7 Å². The van der Waals surface area contributed by atoms with Gasteiger partial charge in [-0.2, -0.15) is 8.78 Å². The smallest absolute Gasteiger partial charge is 0.344 e.